The quantitative estimate of drug-likeness (QED) is 0.767. The van der Waals surface area contributed by atoms with Crippen LogP contribution in [0.25, 0.3) is 0 Å². The maximum absolute atomic E-state index is 12.1. The van der Waals surface area contributed by atoms with Gasteiger partial charge in [0.2, 0.25) is 6.41 Å². The molecule has 0 saturated carbocycles. The number of nitrogens with zero attached hydrogens (tertiary/aromatic N) is 2. The molecule has 1 N–H and O–H groups in total. The van der Waals surface area contributed by atoms with Gasteiger partial charge in [-0.2, -0.15) is 0 Å². The first-order valence-electron chi connectivity index (χ1n) is 5.93. The van der Waals surface area contributed by atoms with Crippen LogP contribution in [0.4, 0.5) is 0 Å². The minimum atomic E-state index is -1.12. The molecular formula is C13H16N2O3. The number of aliphatic hydroxyl groups excluding tert-OH is 1. The highest BCUT2D eigenvalue weighted by Gasteiger charge is 2.26. The van der Waals surface area contributed by atoms with E-state index in [0.717, 1.165) is 6.41 Å². The van der Waals surface area contributed by atoms with Crippen LogP contribution in [0.2, 0.25) is 0 Å². The van der Waals surface area contributed by atoms with Crippen molar-refractivity contribution in [3.63, 3.8) is 0 Å². The summed E-state index contributed by atoms with van der Waals surface area (Å²) in [5, 5.41) is 9.99. The molecule has 1 aromatic carbocycles. The molecule has 1 atom stereocenters. The van der Waals surface area contributed by atoms with E-state index in [1.165, 1.54) is 0 Å². The van der Waals surface area contributed by atoms with Crippen LogP contribution in [0.15, 0.2) is 30.3 Å². The van der Waals surface area contributed by atoms with Gasteiger partial charge in [-0.25, -0.2) is 0 Å². The molecule has 1 saturated heterocycles. The van der Waals surface area contributed by atoms with Crippen molar-refractivity contribution in [2.75, 3.05) is 26.2 Å². The van der Waals surface area contributed by atoms with Crippen LogP contribution in [0.3, 0.4) is 0 Å². The SMILES string of the molecule is O=CN1CCN(C(=O)C(O)c2ccccc2)CC1. The molecular weight excluding hydrogens is 232 g/mol. The van der Waals surface area contributed by atoms with Gasteiger partial charge in [0.05, 0.1) is 0 Å². The van der Waals surface area contributed by atoms with Crippen LogP contribution in [-0.2, 0) is 9.59 Å². The van der Waals surface area contributed by atoms with Gasteiger partial charge in [-0.05, 0) is 5.56 Å². The van der Waals surface area contributed by atoms with Crippen LogP contribution in [0, 0.1) is 0 Å². The van der Waals surface area contributed by atoms with E-state index in [1.54, 1.807) is 34.1 Å². The first-order chi connectivity index (χ1) is 8.72. The normalized spacial score (nSPS) is 17.4. The molecule has 0 bridgehead atoms. The highest BCUT2D eigenvalue weighted by Crippen LogP contribution is 2.16. The average molecular weight is 248 g/mol. The zero-order valence-electron chi connectivity index (χ0n) is 10.0. The third-order valence-corrected chi connectivity index (χ3v) is 3.12. The predicted molar refractivity (Wildman–Crippen MR) is 65.6 cm³/mol. The van der Waals surface area contributed by atoms with Gasteiger partial charge in [0, 0.05) is 26.2 Å². The second-order valence-electron chi connectivity index (χ2n) is 4.28. The summed E-state index contributed by atoms with van der Waals surface area (Å²) in [6, 6.07) is 8.87. The van der Waals surface area contributed by atoms with Crippen molar-refractivity contribution >= 4 is 12.3 Å². The number of amides is 2. The smallest absolute Gasteiger partial charge is 0.256 e. The van der Waals surface area contributed by atoms with E-state index < -0.39 is 6.10 Å². The van der Waals surface area contributed by atoms with Gasteiger partial charge in [0.25, 0.3) is 5.91 Å². The van der Waals surface area contributed by atoms with Crippen molar-refractivity contribution in [1.82, 2.24) is 9.80 Å². The number of hydrogen-bond donors (Lipinski definition) is 1. The van der Waals surface area contributed by atoms with Gasteiger partial charge < -0.3 is 14.9 Å². The summed E-state index contributed by atoms with van der Waals surface area (Å²) in [6.07, 6.45) is -0.330. The Labute approximate surface area is 106 Å². The first kappa shape index (κ1) is 12.6. The van der Waals surface area contributed by atoms with E-state index in [1.807, 2.05) is 6.07 Å². The molecule has 1 fully saturated rings. The van der Waals surface area contributed by atoms with Crippen LogP contribution < -0.4 is 0 Å². The summed E-state index contributed by atoms with van der Waals surface area (Å²) in [5.74, 6) is -0.299. The molecule has 96 valence electrons. The third kappa shape index (κ3) is 2.68. The fraction of sp³-hybridized carbons (Fsp3) is 0.385. The number of carbonyl (C=O) groups is 2. The zero-order chi connectivity index (χ0) is 13.0. The third-order valence-electron chi connectivity index (χ3n) is 3.12. The summed E-state index contributed by atoms with van der Waals surface area (Å²) in [6.45, 7) is 2.00. The Morgan fingerprint density at radius 3 is 2.33 bits per heavy atom. The van der Waals surface area contributed by atoms with E-state index in [0.29, 0.717) is 31.7 Å². The summed E-state index contributed by atoms with van der Waals surface area (Å²) in [7, 11) is 0. The maximum atomic E-state index is 12.1. The zero-order valence-corrected chi connectivity index (χ0v) is 10.0. The van der Waals surface area contributed by atoms with Crippen molar-refractivity contribution in [3.8, 4) is 0 Å². The van der Waals surface area contributed by atoms with Gasteiger partial charge in [-0.3, -0.25) is 9.59 Å². The standard InChI is InChI=1S/C13H16N2O3/c16-10-14-6-8-15(9-7-14)13(18)12(17)11-4-2-1-3-5-11/h1-5,10,12,17H,6-9H2. The number of carbonyl (C=O) groups excluding carboxylic acids is 2. The topological polar surface area (TPSA) is 60.9 Å². The molecule has 1 heterocycles. The Kier molecular flexibility index (Phi) is 3.94. The van der Waals surface area contributed by atoms with E-state index in [4.69, 9.17) is 0 Å². The fourth-order valence-electron chi connectivity index (χ4n) is 2.00. The summed E-state index contributed by atoms with van der Waals surface area (Å²) in [5.41, 5.74) is 0.598. The molecule has 2 amide bonds. The van der Waals surface area contributed by atoms with E-state index >= 15 is 0 Å². The molecule has 0 aliphatic carbocycles. The van der Waals surface area contributed by atoms with Gasteiger partial charge in [0.15, 0.2) is 6.10 Å². The monoisotopic (exact) mass is 248 g/mol. The highest BCUT2D eigenvalue weighted by molar-refractivity contribution is 5.82. The Morgan fingerprint density at radius 1 is 1.17 bits per heavy atom. The van der Waals surface area contributed by atoms with Crippen molar-refractivity contribution in [2.24, 2.45) is 0 Å². The summed E-state index contributed by atoms with van der Waals surface area (Å²) in [4.78, 5) is 25.8. The molecule has 0 spiro atoms. The van der Waals surface area contributed by atoms with Crippen LogP contribution >= 0.6 is 0 Å². The molecule has 2 rings (SSSR count). The molecule has 1 aliphatic rings. The van der Waals surface area contributed by atoms with Crippen LogP contribution in [0.5, 0.6) is 0 Å². The molecule has 18 heavy (non-hydrogen) atoms. The largest absolute Gasteiger partial charge is 0.378 e. The van der Waals surface area contributed by atoms with Gasteiger partial charge >= 0.3 is 0 Å². The van der Waals surface area contributed by atoms with Crippen molar-refractivity contribution in [1.29, 1.82) is 0 Å². The number of benzene rings is 1. The second-order valence-corrected chi connectivity index (χ2v) is 4.28. The Morgan fingerprint density at radius 2 is 1.78 bits per heavy atom. The van der Waals surface area contributed by atoms with Crippen LogP contribution in [0.1, 0.15) is 11.7 Å². The molecule has 1 unspecified atom stereocenters. The van der Waals surface area contributed by atoms with Crippen LogP contribution in [-0.4, -0.2) is 53.4 Å². The molecule has 5 nitrogen and oxygen atoms in total. The lowest BCUT2D eigenvalue weighted by molar-refractivity contribution is -0.143. The number of piperazine rings is 1. The molecule has 5 heteroatoms. The maximum Gasteiger partial charge on any atom is 0.256 e. The van der Waals surface area contributed by atoms with Crippen molar-refractivity contribution < 1.29 is 14.7 Å². The Hall–Kier alpha value is -1.88. The lowest BCUT2D eigenvalue weighted by atomic mass is 10.1. The van der Waals surface area contributed by atoms with E-state index in [9.17, 15) is 14.7 Å². The Bertz CT molecular complexity index is 414. The first-order valence-corrected chi connectivity index (χ1v) is 5.93. The summed E-state index contributed by atoms with van der Waals surface area (Å²) >= 11 is 0. The average Bonchev–Trinajstić information content (AvgIpc) is 2.47. The molecule has 1 aromatic rings. The number of hydrogen-bond acceptors (Lipinski definition) is 3. The van der Waals surface area contributed by atoms with Crippen molar-refractivity contribution in [3.05, 3.63) is 35.9 Å². The van der Waals surface area contributed by atoms with E-state index in [-0.39, 0.29) is 5.91 Å². The van der Waals surface area contributed by atoms with Gasteiger partial charge in [-0.15, -0.1) is 0 Å². The minimum Gasteiger partial charge on any atom is -0.378 e. The minimum absolute atomic E-state index is 0.299. The summed E-state index contributed by atoms with van der Waals surface area (Å²) < 4.78 is 0. The highest BCUT2D eigenvalue weighted by atomic mass is 16.3. The number of rotatable bonds is 3. The number of aliphatic hydroxyl groups is 1. The van der Waals surface area contributed by atoms with E-state index in [2.05, 4.69) is 0 Å². The predicted octanol–water partition coefficient (Wildman–Crippen LogP) is 0.0206. The molecule has 0 aromatic heterocycles. The Balaban J connectivity index is 1.98. The second kappa shape index (κ2) is 5.64. The molecule has 0 radical (unpaired) electrons. The van der Waals surface area contributed by atoms with Gasteiger partial charge in [-0.1, -0.05) is 30.3 Å². The lowest BCUT2D eigenvalue weighted by Gasteiger charge is -2.33. The molecule has 1 aliphatic heterocycles. The van der Waals surface area contributed by atoms with Gasteiger partial charge in [0.1, 0.15) is 0 Å². The lowest BCUT2D eigenvalue weighted by Crippen LogP contribution is -2.49. The van der Waals surface area contributed by atoms with Crippen molar-refractivity contribution in [2.45, 2.75) is 6.10 Å². The fourth-order valence-corrected chi connectivity index (χ4v) is 2.00.